The van der Waals surface area contributed by atoms with Crippen LogP contribution in [0.4, 0.5) is 0 Å². The minimum absolute atomic E-state index is 0.00168. The van der Waals surface area contributed by atoms with E-state index < -0.39 is 12.1 Å². The van der Waals surface area contributed by atoms with Crippen LogP contribution in [0.2, 0.25) is 0 Å². The van der Waals surface area contributed by atoms with Crippen LogP contribution in [0, 0.1) is 0 Å². The van der Waals surface area contributed by atoms with Crippen molar-refractivity contribution in [1.29, 1.82) is 0 Å². The average Bonchev–Trinajstić information content (AvgIpc) is 3.32. The summed E-state index contributed by atoms with van der Waals surface area (Å²) in [5, 5.41) is 23.1. The number of hydrogen-bond donors (Lipinski definition) is 3. The standard InChI is InChI=1S/C60H115NO5/c1-3-5-7-9-11-13-15-16-17-26-29-33-36-40-44-48-52-58(63)57(56-62)61-59(64)53-49-45-41-37-34-30-27-24-22-20-18-19-21-23-25-28-31-35-39-43-47-51-55-66-60(65)54-50-46-42-38-32-14-12-10-8-6-4-2/h10,12,48,52,57-58,62-63H,3-9,11,13-47,49-51,53-56H2,1-2H3,(H,61,64)/b12-10-,52-48+. The first-order chi connectivity index (χ1) is 32.5. The van der Waals surface area contributed by atoms with Crippen LogP contribution >= 0.6 is 0 Å². The Morgan fingerprint density at radius 2 is 0.727 bits per heavy atom. The average molecular weight is 931 g/mol. The van der Waals surface area contributed by atoms with Crippen molar-refractivity contribution in [3.63, 3.8) is 0 Å². The van der Waals surface area contributed by atoms with Gasteiger partial charge in [-0.15, -0.1) is 0 Å². The number of rotatable bonds is 55. The van der Waals surface area contributed by atoms with E-state index in [1.807, 2.05) is 6.08 Å². The quantitative estimate of drug-likeness (QED) is 0.0321. The number of carbonyl (C=O) groups excluding carboxylic acids is 2. The molecule has 0 aliphatic carbocycles. The fourth-order valence-electron chi connectivity index (χ4n) is 9.15. The first kappa shape index (κ1) is 64.3. The lowest BCUT2D eigenvalue weighted by molar-refractivity contribution is -0.143. The van der Waals surface area contributed by atoms with Crippen molar-refractivity contribution in [1.82, 2.24) is 5.32 Å². The Balaban J connectivity index is 3.41. The van der Waals surface area contributed by atoms with Gasteiger partial charge in [0.2, 0.25) is 5.91 Å². The highest BCUT2D eigenvalue weighted by molar-refractivity contribution is 5.76. The third kappa shape index (κ3) is 51.7. The van der Waals surface area contributed by atoms with E-state index in [-0.39, 0.29) is 18.5 Å². The van der Waals surface area contributed by atoms with Crippen molar-refractivity contribution >= 4 is 11.9 Å². The summed E-state index contributed by atoms with van der Waals surface area (Å²) in [6, 6.07) is -0.627. The van der Waals surface area contributed by atoms with Gasteiger partial charge in [0.1, 0.15) is 0 Å². The Labute approximate surface area is 411 Å². The predicted octanol–water partition coefficient (Wildman–Crippen LogP) is 18.2. The van der Waals surface area contributed by atoms with Gasteiger partial charge in [0, 0.05) is 12.8 Å². The number of allylic oxidation sites excluding steroid dienone is 3. The topological polar surface area (TPSA) is 95.9 Å². The number of nitrogens with one attached hydrogen (secondary N) is 1. The van der Waals surface area contributed by atoms with Crippen molar-refractivity contribution < 1.29 is 24.5 Å². The summed E-state index contributed by atoms with van der Waals surface area (Å²) in [5.74, 6) is -0.0649. The molecule has 2 atom stereocenters. The molecule has 1 amide bonds. The van der Waals surface area contributed by atoms with Crippen molar-refractivity contribution in [3.05, 3.63) is 24.3 Å². The third-order valence-electron chi connectivity index (χ3n) is 13.7. The van der Waals surface area contributed by atoms with Crippen LogP contribution in [0.3, 0.4) is 0 Å². The highest BCUT2D eigenvalue weighted by atomic mass is 16.5. The summed E-state index contributed by atoms with van der Waals surface area (Å²) in [7, 11) is 0. The van der Waals surface area contributed by atoms with Crippen LogP contribution in [-0.4, -0.2) is 47.4 Å². The molecule has 0 aromatic carbocycles. The van der Waals surface area contributed by atoms with Crippen LogP contribution in [0.25, 0.3) is 0 Å². The van der Waals surface area contributed by atoms with E-state index in [1.165, 1.54) is 250 Å². The molecule has 0 spiro atoms. The zero-order valence-corrected chi connectivity index (χ0v) is 44.4. The number of aliphatic hydroxyl groups excluding tert-OH is 2. The molecular formula is C60H115NO5. The first-order valence-corrected chi connectivity index (χ1v) is 29.6. The van der Waals surface area contributed by atoms with E-state index in [4.69, 9.17) is 4.74 Å². The van der Waals surface area contributed by atoms with Crippen LogP contribution in [0.15, 0.2) is 24.3 Å². The Morgan fingerprint density at radius 3 is 1.12 bits per heavy atom. The lowest BCUT2D eigenvalue weighted by Crippen LogP contribution is -2.45. The molecule has 66 heavy (non-hydrogen) atoms. The molecule has 0 saturated heterocycles. The Hall–Kier alpha value is -1.66. The van der Waals surface area contributed by atoms with Gasteiger partial charge in [0.05, 0.1) is 25.4 Å². The molecule has 0 aliphatic heterocycles. The van der Waals surface area contributed by atoms with Gasteiger partial charge in [-0.2, -0.15) is 0 Å². The summed E-state index contributed by atoms with van der Waals surface area (Å²) >= 11 is 0. The largest absolute Gasteiger partial charge is 0.466 e. The number of esters is 1. The number of carbonyl (C=O) groups is 2. The third-order valence-corrected chi connectivity index (χ3v) is 13.7. The number of unbranched alkanes of at least 4 members (excludes halogenated alkanes) is 42. The molecule has 6 heteroatoms. The lowest BCUT2D eigenvalue weighted by Gasteiger charge is -2.20. The monoisotopic (exact) mass is 930 g/mol. The smallest absolute Gasteiger partial charge is 0.305 e. The van der Waals surface area contributed by atoms with Crippen molar-refractivity contribution in [2.24, 2.45) is 0 Å². The molecule has 390 valence electrons. The van der Waals surface area contributed by atoms with Gasteiger partial charge in [-0.1, -0.05) is 282 Å². The summed E-state index contributed by atoms with van der Waals surface area (Å²) < 4.78 is 5.46. The normalized spacial score (nSPS) is 12.7. The molecular weight excluding hydrogens is 815 g/mol. The first-order valence-electron chi connectivity index (χ1n) is 29.6. The van der Waals surface area contributed by atoms with Crippen LogP contribution < -0.4 is 5.32 Å². The molecule has 6 nitrogen and oxygen atoms in total. The zero-order chi connectivity index (χ0) is 47.9. The van der Waals surface area contributed by atoms with E-state index in [9.17, 15) is 19.8 Å². The summed E-state index contributed by atoms with van der Waals surface area (Å²) in [6.45, 7) is 4.88. The second-order valence-corrected chi connectivity index (χ2v) is 20.3. The number of ether oxygens (including phenoxy) is 1. The number of amides is 1. The molecule has 0 bridgehead atoms. The van der Waals surface area contributed by atoms with Crippen LogP contribution in [0.1, 0.15) is 322 Å². The highest BCUT2D eigenvalue weighted by Gasteiger charge is 2.18. The van der Waals surface area contributed by atoms with Gasteiger partial charge in [0.15, 0.2) is 0 Å². The molecule has 0 saturated carbocycles. The van der Waals surface area contributed by atoms with E-state index >= 15 is 0 Å². The molecule has 0 heterocycles. The predicted molar refractivity (Wildman–Crippen MR) is 287 cm³/mol. The maximum atomic E-state index is 12.5. The van der Waals surface area contributed by atoms with Gasteiger partial charge in [-0.3, -0.25) is 9.59 Å². The summed E-state index contributed by atoms with van der Waals surface area (Å²) in [6.07, 6.45) is 67.8. The van der Waals surface area contributed by atoms with E-state index in [1.54, 1.807) is 6.08 Å². The van der Waals surface area contributed by atoms with Gasteiger partial charge in [0.25, 0.3) is 0 Å². The number of aliphatic hydroxyl groups is 2. The molecule has 0 radical (unpaired) electrons. The Bertz CT molecular complexity index is 1030. The van der Waals surface area contributed by atoms with E-state index in [0.29, 0.717) is 19.4 Å². The van der Waals surface area contributed by atoms with Gasteiger partial charge in [-0.25, -0.2) is 0 Å². The molecule has 0 aromatic heterocycles. The minimum Gasteiger partial charge on any atom is -0.466 e. The van der Waals surface area contributed by atoms with E-state index in [2.05, 4.69) is 31.3 Å². The zero-order valence-electron chi connectivity index (χ0n) is 44.4. The Morgan fingerprint density at radius 1 is 0.409 bits per heavy atom. The maximum absolute atomic E-state index is 12.5. The van der Waals surface area contributed by atoms with Crippen molar-refractivity contribution in [3.8, 4) is 0 Å². The van der Waals surface area contributed by atoms with Crippen LogP contribution in [0.5, 0.6) is 0 Å². The van der Waals surface area contributed by atoms with Crippen LogP contribution in [-0.2, 0) is 14.3 Å². The molecule has 2 unspecified atom stereocenters. The molecule has 0 aromatic rings. The van der Waals surface area contributed by atoms with Crippen molar-refractivity contribution in [2.45, 2.75) is 334 Å². The maximum Gasteiger partial charge on any atom is 0.305 e. The highest BCUT2D eigenvalue weighted by Crippen LogP contribution is 2.17. The molecule has 0 aliphatic rings. The fourth-order valence-corrected chi connectivity index (χ4v) is 9.15. The SMILES string of the molecule is CCCC/C=C\CCCCCCCC(=O)OCCCCCCCCCCCCCCCCCCCCCCCCC(=O)NC(CO)C(O)/C=C/CCCCCCCCCCCCCCCC. The van der Waals surface area contributed by atoms with E-state index in [0.717, 1.165) is 44.9 Å². The lowest BCUT2D eigenvalue weighted by atomic mass is 10.0. The minimum atomic E-state index is -0.844. The van der Waals surface area contributed by atoms with Gasteiger partial charge in [-0.05, 0) is 51.4 Å². The summed E-state index contributed by atoms with van der Waals surface area (Å²) in [5.41, 5.74) is 0. The fraction of sp³-hybridized carbons (Fsp3) is 0.900. The molecule has 0 rings (SSSR count). The van der Waals surface area contributed by atoms with Crippen molar-refractivity contribution in [2.75, 3.05) is 13.2 Å². The number of hydrogen-bond acceptors (Lipinski definition) is 5. The molecule has 0 fully saturated rings. The Kier molecular flexibility index (Phi) is 54.5. The molecule has 3 N–H and O–H groups in total. The van der Waals surface area contributed by atoms with Gasteiger partial charge < -0.3 is 20.3 Å². The van der Waals surface area contributed by atoms with Gasteiger partial charge >= 0.3 is 5.97 Å². The second-order valence-electron chi connectivity index (χ2n) is 20.3. The second kappa shape index (κ2) is 55.9. The summed E-state index contributed by atoms with van der Waals surface area (Å²) in [4.78, 5) is 24.4.